The number of carbonyl (C=O) groups is 2. The van der Waals surface area contributed by atoms with E-state index in [9.17, 15) is 9.59 Å². The van der Waals surface area contributed by atoms with Gasteiger partial charge < -0.3 is 15.4 Å². The molecule has 0 fully saturated rings. The predicted molar refractivity (Wildman–Crippen MR) is 80.4 cm³/mol. The van der Waals surface area contributed by atoms with Crippen LogP contribution in [0.2, 0.25) is 0 Å². The van der Waals surface area contributed by atoms with Crippen molar-refractivity contribution >= 4 is 11.8 Å². The van der Waals surface area contributed by atoms with Gasteiger partial charge in [0.2, 0.25) is 11.8 Å². The van der Waals surface area contributed by atoms with Gasteiger partial charge in [-0.2, -0.15) is 0 Å². The maximum Gasteiger partial charge on any atom is 0.249 e. The summed E-state index contributed by atoms with van der Waals surface area (Å²) in [4.78, 5) is 23.7. The van der Waals surface area contributed by atoms with Crippen molar-refractivity contribution in [3.05, 3.63) is 0 Å². The second kappa shape index (κ2) is 8.25. The van der Waals surface area contributed by atoms with E-state index in [-0.39, 0.29) is 17.4 Å². The van der Waals surface area contributed by atoms with Gasteiger partial charge in [-0.1, -0.05) is 13.8 Å². The van der Waals surface area contributed by atoms with Crippen LogP contribution in [0.1, 0.15) is 54.9 Å². The molecule has 5 nitrogen and oxygen atoms in total. The molecule has 0 aromatic heterocycles. The summed E-state index contributed by atoms with van der Waals surface area (Å²) in [5.41, 5.74) is -0.310. The van der Waals surface area contributed by atoms with Crippen LogP contribution >= 0.6 is 0 Å². The maximum atomic E-state index is 11.9. The largest absolute Gasteiger partial charge is 0.369 e. The second-order valence-corrected chi connectivity index (χ2v) is 6.67. The van der Waals surface area contributed by atoms with Crippen molar-refractivity contribution in [2.75, 3.05) is 6.61 Å². The van der Waals surface area contributed by atoms with Crippen molar-refractivity contribution in [2.45, 2.75) is 72.6 Å². The summed E-state index contributed by atoms with van der Waals surface area (Å²) >= 11 is 0. The Morgan fingerprint density at radius 3 is 2.05 bits per heavy atom. The molecule has 2 atom stereocenters. The van der Waals surface area contributed by atoms with Crippen LogP contribution in [0.4, 0.5) is 0 Å². The lowest BCUT2D eigenvalue weighted by Gasteiger charge is -2.24. The fourth-order valence-electron chi connectivity index (χ4n) is 1.43. The predicted octanol–water partition coefficient (Wildman–Crippen LogP) is 1.86. The van der Waals surface area contributed by atoms with E-state index in [1.807, 2.05) is 20.8 Å². The first-order valence-electron chi connectivity index (χ1n) is 7.27. The Bertz CT molecular complexity index is 322. The smallest absolute Gasteiger partial charge is 0.249 e. The summed E-state index contributed by atoms with van der Waals surface area (Å²) in [7, 11) is 0. The van der Waals surface area contributed by atoms with Crippen LogP contribution in [0.15, 0.2) is 0 Å². The summed E-state index contributed by atoms with van der Waals surface area (Å²) in [6.45, 7) is 13.8. The molecule has 0 aliphatic carbocycles. The molecule has 0 spiro atoms. The number of amides is 2. The summed E-state index contributed by atoms with van der Waals surface area (Å²) in [5.74, 6) is 0.0901. The van der Waals surface area contributed by atoms with E-state index in [1.54, 1.807) is 13.8 Å². The summed E-state index contributed by atoms with van der Waals surface area (Å²) in [5, 5.41) is 5.49. The third-order valence-corrected chi connectivity index (χ3v) is 2.68. The third kappa shape index (κ3) is 8.91. The highest BCUT2D eigenvalue weighted by molar-refractivity contribution is 5.89. The molecule has 0 aliphatic heterocycles. The van der Waals surface area contributed by atoms with Crippen LogP contribution in [0.25, 0.3) is 0 Å². The molecule has 2 N–H and O–H groups in total. The molecular formula is C15H30N2O3. The Labute approximate surface area is 122 Å². The van der Waals surface area contributed by atoms with E-state index in [0.29, 0.717) is 12.5 Å². The van der Waals surface area contributed by atoms with E-state index in [2.05, 4.69) is 24.5 Å². The SMILES string of the molecule is CC(C)CCOC(C)C(=O)NC(C)C(=O)NC(C)(C)C. The third-order valence-electron chi connectivity index (χ3n) is 2.68. The molecule has 0 rings (SSSR count). The Kier molecular flexibility index (Phi) is 7.79. The van der Waals surface area contributed by atoms with Crippen LogP contribution in [-0.2, 0) is 14.3 Å². The molecule has 0 heterocycles. The quantitative estimate of drug-likeness (QED) is 0.750. The van der Waals surface area contributed by atoms with E-state index in [0.717, 1.165) is 6.42 Å². The maximum absolute atomic E-state index is 11.9. The lowest BCUT2D eigenvalue weighted by atomic mass is 10.1. The van der Waals surface area contributed by atoms with E-state index in [4.69, 9.17) is 4.74 Å². The molecule has 0 saturated heterocycles. The van der Waals surface area contributed by atoms with Gasteiger partial charge in [0.25, 0.3) is 0 Å². The molecule has 0 bridgehead atoms. The molecule has 5 heteroatoms. The molecule has 20 heavy (non-hydrogen) atoms. The van der Waals surface area contributed by atoms with Gasteiger partial charge in [-0.3, -0.25) is 9.59 Å². The number of ether oxygens (including phenoxy) is 1. The van der Waals surface area contributed by atoms with Crippen molar-refractivity contribution in [2.24, 2.45) is 5.92 Å². The van der Waals surface area contributed by atoms with E-state index >= 15 is 0 Å². The molecule has 118 valence electrons. The average molecular weight is 286 g/mol. The van der Waals surface area contributed by atoms with Gasteiger partial charge in [-0.25, -0.2) is 0 Å². The highest BCUT2D eigenvalue weighted by atomic mass is 16.5. The van der Waals surface area contributed by atoms with Crippen molar-refractivity contribution in [1.29, 1.82) is 0 Å². The summed E-state index contributed by atoms with van der Waals surface area (Å²) < 4.78 is 5.45. The molecule has 0 aromatic rings. The molecule has 0 radical (unpaired) electrons. The highest BCUT2D eigenvalue weighted by Crippen LogP contribution is 2.02. The zero-order valence-corrected chi connectivity index (χ0v) is 13.9. The molecule has 2 amide bonds. The van der Waals surface area contributed by atoms with Crippen LogP contribution in [-0.4, -0.2) is 36.1 Å². The minimum Gasteiger partial charge on any atom is -0.369 e. The van der Waals surface area contributed by atoms with Crippen LogP contribution in [0.5, 0.6) is 0 Å². The number of nitrogens with one attached hydrogen (secondary N) is 2. The first-order valence-corrected chi connectivity index (χ1v) is 7.27. The molecular weight excluding hydrogens is 256 g/mol. The number of hydrogen-bond donors (Lipinski definition) is 2. The Hall–Kier alpha value is -1.10. The number of carbonyl (C=O) groups excluding carboxylic acids is 2. The topological polar surface area (TPSA) is 67.4 Å². The van der Waals surface area contributed by atoms with Crippen LogP contribution < -0.4 is 10.6 Å². The lowest BCUT2D eigenvalue weighted by Crippen LogP contribution is -2.52. The average Bonchev–Trinajstić information content (AvgIpc) is 2.25. The standard InChI is InChI=1S/C15H30N2O3/c1-10(2)8-9-20-12(4)14(19)16-11(3)13(18)17-15(5,6)7/h10-12H,8-9H2,1-7H3,(H,16,19)(H,17,18). The molecule has 0 aliphatic rings. The van der Waals surface area contributed by atoms with E-state index < -0.39 is 12.1 Å². The van der Waals surface area contributed by atoms with Gasteiger partial charge >= 0.3 is 0 Å². The zero-order valence-electron chi connectivity index (χ0n) is 13.9. The Balaban J connectivity index is 4.14. The summed E-state index contributed by atoms with van der Waals surface area (Å²) in [6.07, 6.45) is 0.371. The normalized spacial score (nSPS) is 14.8. The Morgan fingerprint density at radius 2 is 1.60 bits per heavy atom. The fraction of sp³-hybridized carbons (Fsp3) is 0.867. The highest BCUT2D eigenvalue weighted by Gasteiger charge is 2.23. The zero-order chi connectivity index (χ0) is 15.9. The second-order valence-electron chi connectivity index (χ2n) is 6.67. The van der Waals surface area contributed by atoms with Gasteiger partial charge in [0.05, 0.1) is 0 Å². The summed E-state index contributed by atoms with van der Waals surface area (Å²) in [6, 6.07) is -0.571. The minimum atomic E-state index is -0.571. The first kappa shape index (κ1) is 18.9. The Morgan fingerprint density at radius 1 is 1.05 bits per heavy atom. The minimum absolute atomic E-state index is 0.194. The van der Waals surface area contributed by atoms with Crippen molar-refractivity contribution in [1.82, 2.24) is 10.6 Å². The van der Waals surface area contributed by atoms with Crippen LogP contribution in [0, 0.1) is 5.92 Å². The lowest BCUT2D eigenvalue weighted by molar-refractivity contribution is -0.136. The fourth-order valence-corrected chi connectivity index (χ4v) is 1.43. The van der Waals surface area contributed by atoms with Gasteiger partial charge in [-0.05, 0) is 47.0 Å². The number of hydrogen-bond acceptors (Lipinski definition) is 3. The van der Waals surface area contributed by atoms with Crippen molar-refractivity contribution in [3.8, 4) is 0 Å². The van der Waals surface area contributed by atoms with Gasteiger partial charge in [0.1, 0.15) is 12.1 Å². The van der Waals surface area contributed by atoms with Crippen LogP contribution in [0.3, 0.4) is 0 Å². The van der Waals surface area contributed by atoms with Crippen molar-refractivity contribution in [3.63, 3.8) is 0 Å². The van der Waals surface area contributed by atoms with Gasteiger partial charge in [0, 0.05) is 12.1 Å². The van der Waals surface area contributed by atoms with Crippen molar-refractivity contribution < 1.29 is 14.3 Å². The first-order chi connectivity index (χ1) is 9.03. The van der Waals surface area contributed by atoms with E-state index in [1.165, 1.54) is 0 Å². The van der Waals surface area contributed by atoms with Gasteiger partial charge in [0.15, 0.2) is 0 Å². The monoisotopic (exact) mass is 286 g/mol. The molecule has 0 aromatic carbocycles. The number of rotatable bonds is 7. The molecule has 0 saturated carbocycles. The van der Waals surface area contributed by atoms with Gasteiger partial charge in [-0.15, -0.1) is 0 Å². The molecule has 2 unspecified atom stereocenters.